The van der Waals surface area contributed by atoms with Gasteiger partial charge in [0.1, 0.15) is 0 Å². The molecule has 0 amide bonds. The zero-order valence-corrected chi connectivity index (χ0v) is 12.1. The van der Waals surface area contributed by atoms with Gasteiger partial charge in [0.25, 0.3) is 0 Å². The summed E-state index contributed by atoms with van der Waals surface area (Å²) in [6, 6.07) is 0. The molecule has 0 rings (SSSR count). The number of quaternary nitrogens is 2. The van der Waals surface area contributed by atoms with Gasteiger partial charge in [-0.2, -0.15) is 0 Å². The zero-order valence-electron chi connectivity index (χ0n) is 8.95. The molecule has 0 aliphatic heterocycles. The molecule has 0 bridgehead atoms. The molecule has 58 valence electrons. The van der Waals surface area contributed by atoms with E-state index in [1.54, 1.807) is 0 Å². The van der Waals surface area contributed by atoms with Crippen molar-refractivity contribution in [1.29, 1.82) is 0 Å². The van der Waals surface area contributed by atoms with Crippen LogP contribution in [0.2, 0.25) is 0 Å². The van der Waals surface area contributed by atoms with E-state index in [0.29, 0.717) is 0 Å². The van der Waals surface area contributed by atoms with Gasteiger partial charge in [-0.15, -0.1) is 0 Å². The van der Waals surface area contributed by atoms with Crippen LogP contribution >= 0.6 is 0 Å². The minimum absolute atomic E-state index is 0. The van der Waals surface area contributed by atoms with Crippen LogP contribution in [0.5, 0.6) is 0 Å². The number of hydrogen-bond acceptors (Lipinski definition) is 0. The fraction of sp³-hybridized carbons (Fsp3) is 1.00. The zero-order chi connectivity index (χ0) is 8.08. The first-order chi connectivity index (χ1) is 3.73. The van der Waals surface area contributed by atoms with Crippen LogP contribution < -0.4 is 56.3 Å². The van der Waals surface area contributed by atoms with E-state index >= 15 is 0 Å². The Bertz CT molecular complexity index is 48.4. The smallest absolute Gasteiger partial charge is 0.342 e. The first-order valence-electron chi connectivity index (χ1n) is 3.29. The molecule has 0 aliphatic rings. The quantitative estimate of drug-likeness (QED) is 0.282. The molecule has 0 aromatic rings. The van der Waals surface area contributed by atoms with Gasteiger partial charge in [-0.1, -0.05) is 0 Å². The molecular weight excluding hydrogens is 151 g/mol. The summed E-state index contributed by atoms with van der Waals surface area (Å²) in [7, 11) is 14.8. The largest absolute Gasteiger partial charge is 1.00 e. The van der Waals surface area contributed by atoms with Crippen LogP contribution in [-0.2, 0) is 0 Å². The second kappa shape index (κ2) is 8.65. The minimum Gasteiger partial charge on any atom is -0.342 e. The van der Waals surface area contributed by atoms with Gasteiger partial charge in [0.2, 0.25) is 0 Å². The third-order valence-corrected chi connectivity index (χ3v) is 0. The summed E-state index contributed by atoms with van der Waals surface area (Å²) in [6.07, 6.45) is 0. The van der Waals surface area contributed by atoms with E-state index in [4.69, 9.17) is 0 Å². The second-order valence-electron chi connectivity index (χ2n) is 4.18. The Hall–Kier alpha value is 1.56. The van der Waals surface area contributed by atoms with Crippen LogP contribution in [0.3, 0.4) is 0 Å². The van der Waals surface area contributed by atoms with Crippen LogP contribution in [0.4, 0.5) is 0 Å². The summed E-state index contributed by atoms with van der Waals surface area (Å²) < 4.78 is 1.00. The van der Waals surface area contributed by atoms with Crippen LogP contribution in [0.25, 0.3) is 0 Å². The molecule has 0 radical (unpaired) electrons. The maximum Gasteiger partial charge on any atom is 1.00 e. The predicted octanol–water partition coefficient (Wildman–Crippen LogP) is -3.91. The van der Waals surface area contributed by atoms with E-state index in [1.165, 1.54) is 4.90 Å². The average molecular weight is 173 g/mol. The van der Waals surface area contributed by atoms with Crippen molar-refractivity contribution >= 4 is 0 Å². The van der Waals surface area contributed by atoms with E-state index < -0.39 is 0 Å². The molecule has 2 nitrogen and oxygen atoms in total. The molecule has 3 heteroatoms. The first-order valence-corrected chi connectivity index (χ1v) is 3.29. The first kappa shape index (κ1) is 17.6. The Kier molecular flexibility index (Phi) is 15.2. The van der Waals surface area contributed by atoms with E-state index in [0.717, 1.165) is 4.48 Å². The Morgan fingerprint density at radius 2 is 0.800 bits per heavy atom. The number of nitrogens with one attached hydrogen (secondary N) is 1. The van der Waals surface area contributed by atoms with E-state index in [1.807, 2.05) is 0 Å². The van der Waals surface area contributed by atoms with Gasteiger partial charge in [0, 0.05) is 0 Å². The Labute approximate surface area is 109 Å². The topological polar surface area (TPSA) is 4.44 Å². The molecule has 1 N–H and O–H groups in total. The van der Waals surface area contributed by atoms with Gasteiger partial charge in [-0.05, 0) is 0 Å². The molecule has 10 heavy (non-hydrogen) atoms. The summed E-state index contributed by atoms with van der Waals surface area (Å²) in [5.41, 5.74) is 0. The van der Waals surface area contributed by atoms with Gasteiger partial charge in [0.15, 0.2) is 0 Å². The van der Waals surface area contributed by atoms with Gasteiger partial charge in [0.05, 0.1) is 49.3 Å². The van der Waals surface area contributed by atoms with Gasteiger partial charge in [-0.25, -0.2) is 0 Å². The number of hydrogen-bond donors (Lipinski definition) is 1. The maximum atomic E-state index is 2.12. The summed E-state index contributed by atoms with van der Waals surface area (Å²) in [4.78, 5) is 1.42. The van der Waals surface area contributed by atoms with Crippen molar-refractivity contribution in [3.63, 3.8) is 0 Å². The molecule has 0 aromatic carbocycles. The molecular formula is C7H22KN2+3. The fourth-order valence-corrected chi connectivity index (χ4v) is 0. The minimum atomic E-state index is 0. The van der Waals surface area contributed by atoms with E-state index in [-0.39, 0.29) is 51.4 Å². The summed E-state index contributed by atoms with van der Waals surface area (Å²) in [5.74, 6) is 0. The molecule has 0 unspecified atom stereocenters. The molecule has 0 spiro atoms. The van der Waals surface area contributed by atoms with Crippen molar-refractivity contribution < 1.29 is 60.8 Å². The number of nitrogens with zero attached hydrogens (tertiary/aromatic N) is 1. The Morgan fingerprint density at radius 1 is 0.800 bits per heavy atom. The van der Waals surface area contributed by atoms with Crippen LogP contribution in [0.1, 0.15) is 0 Å². The molecule has 0 aliphatic carbocycles. The second-order valence-corrected chi connectivity index (χ2v) is 4.18. The third kappa shape index (κ3) is 289. The van der Waals surface area contributed by atoms with Gasteiger partial charge in [-0.3, -0.25) is 0 Å². The van der Waals surface area contributed by atoms with Crippen molar-refractivity contribution in [1.82, 2.24) is 0 Å². The van der Waals surface area contributed by atoms with Crippen LogP contribution in [0.15, 0.2) is 0 Å². The Morgan fingerprint density at radius 3 is 0.800 bits per heavy atom. The van der Waals surface area contributed by atoms with Crippen molar-refractivity contribution in [2.24, 2.45) is 0 Å². The summed E-state index contributed by atoms with van der Waals surface area (Å²) >= 11 is 0. The monoisotopic (exact) mass is 173 g/mol. The maximum absolute atomic E-state index is 2.12. The fourth-order valence-electron chi connectivity index (χ4n) is 0. The molecule has 0 saturated carbocycles. The average Bonchev–Trinajstić information content (AvgIpc) is 1.19. The van der Waals surface area contributed by atoms with E-state index in [2.05, 4.69) is 49.3 Å². The van der Waals surface area contributed by atoms with Crippen molar-refractivity contribution in [2.75, 3.05) is 49.3 Å². The molecule has 0 fully saturated rings. The molecule has 0 saturated heterocycles. The van der Waals surface area contributed by atoms with Crippen LogP contribution in [-0.4, -0.2) is 53.8 Å². The Balaban J connectivity index is -0.0000000910. The molecule has 0 aromatic heterocycles. The van der Waals surface area contributed by atoms with Gasteiger partial charge < -0.3 is 9.38 Å². The summed E-state index contributed by atoms with van der Waals surface area (Å²) in [5, 5.41) is 0. The van der Waals surface area contributed by atoms with E-state index in [9.17, 15) is 0 Å². The van der Waals surface area contributed by atoms with Gasteiger partial charge >= 0.3 is 51.4 Å². The molecule has 0 heterocycles. The number of rotatable bonds is 0. The molecule has 0 atom stereocenters. The van der Waals surface area contributed by atoms with Crippen molar-refractivity contribution in [3.05, 3.63) is 0 Å². The standard InChI is InChI=1S/C4H12N.C3H9N.K/c1-5(2,3)4;1-4(2)3;/h1-4H3;1-3H3;/q+1;;+1/p+1. The normalized spacial score (nSPS) is 9.60. The SMILES string of the molecule is C[N+](C)(C)C.C[NH+](C)C.[K+]. The predicted molar refractivity (Wildman–Crippen MR) is 42.7 cm³/mol. The van der Waals surface area contributed by atoms with Crippen molar-refractivity contribution in [3.8, 4) is 0 Å². The summed E-state index contributed by atoms with van der Waals surface area (Å²) in [6.45, 7) is 0. The third-order valence-electron chi connectivity index (χ3n) is 0. The van der Waals surface area contributed by atoms with Crippen molar-refractivity contribution in [2.45, 2.75) is 0 Å². The van der Waals surface area contributed by atoms with Crippen LogP contribution in [0, 0.1) is 0 Å².